The number of fused-ring (bicyclic) bond motifs is 1. The summed E-state index contributed by atoms with van der Waals surface area (Å²) in [4.78, 5) is 14.9. The normalized spacial score (nSPS) is 15.2. The van der Waals surface area contributed by atoms with Crippen LogP contribution in [0.3, 0.4) is 0 Å². The lowest BCUT2D eigenvalue weighted by Gasteiger charge is -2.28. The number of halogens is 3. The van der Waals surface area contributed by atoms with Gasteiger partial charge in [-0.15, -0.1) is 0 Å². The molecule has 19 heavy (non-hydrogen) atoms. The van der Waals surface area contributed by atoms with Gasteiger partial charge in [-0.3, -0.25) is 4.98 Å². The molecule has 100 valence electrons. The third kappa shape index (κ3) is 1.91. The van der Waals surface area contributed by atoms with E-state index in [-0.39, 0.29) is 10.9 Å². The molecule has 2 aromatic rings. The number of nitrogens with two attached hydrogens (primary N) is 1. The summed E-state index contributed by atoms with van der Waals surface area (Å²) in [6, 6.07) is 6.60. The summed E-state index contributed by atoms with van der Waals surface area (Å²) in [5.41, 5.74) is 1.41. The van der Waals surface area contributed by atoms with E-state index in [1.54, 1.807) is 0 Å². The predicted octanol–water partition coefficient (Wildman–Crippen LogP) is 2.04. The molecule has 1 aromatic heterocycles. The zero-order valence-electron chi connectivity index (χ0n) is 9.48. The number of alkyl halides is 3. The van der Waals surface area contributed by atoms with Crippen molar-refractivity contribution in [2.24, 2.45) is 5.73 Å². The van der Waals surface area contributed by atoms with Crippen molar-refractivity contribution in [2.45, 2.75) is 11.7 Å². The van der Waals surface area contributed by atoms with Crippen LogP contribution < -0.4 is 5.73 Å². The third-order valence-corrected chi connectivity index (χ3v) is 2.86. The summed E-state index contributed by atoms with van der Waals surface area (Å²) in [6.07, 6.45) is -3.72. The SMILES string of the molecule is NC(C(=O)O)(c1cccc2ncccc12)C(F)(F)F. The van der Waals surface area contributed by atoms with E-state index in [2.05, 4.69) is 4.98 Å². The van der Waals surface area contributed by atoms with Crippen LogP contribution in [0.2, 0.25) is 0 Å². The largest absolute Gasteiger partial charge is 0.479 e. The minimum atomic E-state index is -5.12. The molecule has 0 aliphatic rings. The van der Waals surface area contributed by atoms with Crippen molar-refractivity contribution < 1.29 is 23.1 Å². The fraction of sp³-hybridized carbons (Fsp3) is 0.167. The molecular weight excluding hydrogens is 261 g/mol. The molecule has 0 bridgehead atoms. The van der Waals surface area contributed by atoms with E-state index in [1.807, 2.05) is 0 Å². The first-order chi connectivity index (χ1) is 8.78. The van der Waals surface area contributed by atoms with E-state index in [0.29, 0.717) is 0 Å². The molecule has 3 N–H and O–H groups in total. The first-order valence-electron chi connectivity index (χ1n) is 5.21. The first-order valence-corrected chi connectivity index (χ1v) is 5.21. The first kappa shape index (κ1) is 13.3. The van der Waals surface area contributed by atoms with E-state index >= 15 is 0 Å². The minimum Gasteiger partial charge on any atom is -0.479 e. The number of aromatic nitrogens is 1. The van der Waals surface area contributed by atoms with Crippen LogP contribution in [-0.2, 0) is 10.3 Å². The van der Waals surface area contributed by atoms with Crippen LogP contribution in [0.5, 0.6) is 0 Å². The van der Waals surface area contributed by atoms with Crippen molar-refractivity contribution in [1.82, 2.24) is 4.98 Å². The second-order valence-electron chi connectivity index (χ2n) is 3.99. The van der Waals surface area contributed by atoms with Crippen molar-refractivity contribution in [3.63, 3.8) is 0 Å². The summed E-state index contributed by atoms with van der Waals surface area (Å²) >= 11 is 0. The number of rotatable bonds is 2. The minimum absolute atomic E-state index is 0.0622. The number of hydrogen-bond donors (Lipinski definition) is 2. The second kappa shape index (κ2) is 4.20. The van der Waals surface area contributed by atoms with Crippen molar-refractivity contribution in [3.8, 4) is 0 Å². The molecule has 0 aliphatic heterocycles. The summed E-state index contributed by atoms with van der Waals surface area (Å²) < 4.78 is 39.1. The maximum absolute atomic E-state index is 13.0. The highest BCUT2D eigenvalue weighted by Crippen LogP contribution is 2.39. The van der Waals surface area contributed by atoms with Crippen LogP contribution in [0, 0.1) is 0 Å². The number of hydrogen-bond acceptors (Lipinski definition) is 3. The summed E-state index contributed by atoms with van der Waals surface area (Å²) in [5.74, 6) is -2.16. The molecule has 0 amide bonds. The monoisotopic (exact) mass is 270 g/mol. The number of nitrogens with zero attached hydrogens (tertiary/aromatic N) is 1. The molecule has 0 fully saturated rings. The van der Waals surface area contributed by atoms with Gasteiger partial charge in [-0.05, 0) is 12.1 Å². The van der Waals surface area contributed by atoms with Gasteiger partial charge in [0, 0.05) is 17.1 Å². The van der Waals surface area contributed by atoms with Gasteiger partial charge in [0.05, 0.1) is 5.52 Å². The van der Waals surface area contributed by atoms with Crippen molar-refractivity contribution in [2.75, 3.05) is 0 Å². The van der Waals surface area contributed by atoms with Gasteiger partial charge in [0.2, 0.25) is 5.54 Å². The fourth-order valence-electron chi connectivity index (χ4n) is 1.84. The smallest absolute Gasteiger partial charge is 0.421 e. The summed E-state index contributed by atoms with van der Waals surface area (Å²) in [7, 11) is 0. The summed E-state index contributed by atoms with van der Waals surface area (Å²) in [6.45, 7) is 0. The van der Waals surface area contributed by atoms with Crippen LogP contribution in [0.25, 0.3) is 10.9 Å². The van der Waals surface area contributed by atoms with E-state index in [9.17, 15) is 18.0 Å². The van der Waals surface area contributed by atoms with Gasteiger partial charge in [0.15, 0.2) is 0 Å². The second-order valence-corrected chi connectivity index (χ2v) is 3.99. The zero-order chi connectivity index (χ0) is 14.3. The molecule has 4 nitrogen and oxygen atoms in total. The van der Waals surface area contributed by atoms with Gasteiger partial charge in [0.1, 0.15) is 0 Å². The van der Waals surface area contributed by atoms with Gasteiger partial charge >= 0.3 is 12.1 Å². The maximum Gasteiger partial charge on any atom is 0.421 e. The Morgan fingerprint density at radius 1 is 1.21 bits per heavy atom. The average molecular weight is 270 g/mol. The number of aliphatic carboxylic acids is 1. The summed E-state index contributed by atoms with van der Waals surface area (Å²) in [5, 5.41) is 8.98. The zero-order valence-corrected chi connectivity index (χ0v) is 9.48. The fourth-order valence-corrected chi connectivity index (χ4v) is 1.84. The molecule has 0 spiro atoms. The van der Waals surface area contributed by atoms with Crippen molar-refractivity contribution in [1.29, 1.82) is 0 Å². The van der Waals surface area contributed by atoms with E-state index in [1.165, 1.54) is 30.5 Å². The Morgan fingerprint density at radius 3 is 2.47 bits per heavy atom. The quantitative estimate of drug-likeness (QED) is 0.875. The van der Waals surface area contributed by atoms with E-state index < -0.39 is 23.2 Å². The van der Waals surface area contributed by atoms with Crippen LogP contribution >= 0.6 is 0 Å². The molecule has 1 heterocycles. The molecule has 1 aromatic carbocycles. The molecule has 1 unspecified atom stereocenters. The Kier molecular flexibility index (Phi) is 2.94. The Balaban J connectivity index is 2.82. The van der Waals surface area contributed by atoms with Crippen LogP contribution in [0.15, 0.2) is 36.5 Å². The topological polar surface area (TPSA) is 76.2 Å². The van der Waals surface area contributed by atoms with Gasteiger partial charge in [-0.2, -0.15) is 13.2 Å². The number of carboxylic acid groups (broad SMARTS) is 1. The van der Waals surface area contributed by atoms with Gasteiger partial charge in [-0.1, -0.05) is 18.2 Å². The number of carbonyl (C=O) groups is 1. The van der Waals surface area contributed by atoms with Crippen LogP contribution in [0.4, 0.5) is 13.2 Å². The highest BCUT2D eigenvalue weighted by Gasteiger charge is 2.60. The Bertz CT molecular complexity index is 637. The highest BCUT2D eigenvalue weighted by molar-refractivity contribution is 5.91. The van der Waals surface area contributed by atoms with Crippen LogP contribution in [-0.4, -0.2) is 22.2 Å². The number of carboxylic acids is 1. The Labute approximate surface area is 105 Å². The number of benzene rings is 1. The average Bonchev–Trinajstić information content (AvgIpc) is 2.35. The Morgan fingerprint density at radius 2 is 1.89 bits per heavy atom. The van der Waals surface area contributed by atoms with Crippen LogP contribution in [0.1, 0.15) is 5.56 Å². The lowest BCUT2D eigenvalue weighted by molar-refractivity contribution is -0.204. The molecule has 0 saturated heterocycles. The molecule has 0 saturated carbocycles. The van der Waals surface area contributed by atoms with Gasteiger partial charge in [-0.25, -0.2) is 4.79 Å². The molecule has 0 radical (unpaired) electrons. The lowest BCUT2D eigenvalue weighted by atomic mass is 9.87. The third-order valence-electron chi connectivity index (χ3n) is 2.86. The standard InChI is InChI=1S/C12H9F3N2O2/c13-12(14,15)11(16,10(18)19)8-4-1-5-9-7(8)3-2-6-17-9/h1-6H,16H2,(H,18,19). The molecule has 0 aliphatic carbocycles. The molecule has 2 rings (SSSR count). The molecule has 7 heteroatoms. The molecule has 1 atom stereocenters. The van der Waals surface area contributed by atoms with Crippen molar-refractivity contribution >= 4 is 16.9 Å². The predicted molar refractivity (Wildman–Crippen MR) is 61.3 cm³/mol. The van der Waals surface area contributed by atoms with E-state index in [0.717, 1.165) is 6.07 Å². The maximum atomic E-state index is 13.0. The van der Waals surface area contributed by atoms with Gasteiger partial charge < -0.3 is 10.8 Å². The van der Waals surface area contributed by atoms with Gasteiger partial charge in [0.25, 0.3) is 0 Å². The highest BCUT2D eigenvalue weighted by atomic mass is 19.4. The number of pyridine rings is 1. The Hall–Kier alpha value is -2.15. The van der Waals surface area contributed by atoms with Crippen molar-refractivity contribution in [3.05, 3.63) is 42.1 Å². The molecular formula is C12H9F3N2O2. The van der Waals surface area contributed by atoms with E-state index in [4.69, 9.17) is 10.8 Å². The lowest BCUT2D eigenvalue weighted by Crippen LogP contribution is -2.56.